The summed E-state index contributed by atoms with van der Waals surface area (Å²) in [6.07, 6.45) is -1.76. The summed E-state index contributed by atoms with van der Waals surface area (Å²) in [4.78, 5) is 10.1. The lowest BCUT2D eigenvalue weighted by Crippen LogP contribution is -2.37. The van der Waals surface area contributed by atoms with E-state index in [1.165, 1.54) is 0 Å². The van der Waals surface area contributed by atoms with E-state index in [1.807, 2.05) is 0 Å². The lowest BCUT2D eigenvalue weighted by Gasteiger charge is -2.08. The first-order valence-electron chi connectivity index (χ1n) is 2.37. The van der Waals surface area contributed by atoms with Crippen molar-refractivity contribution in [2.75, 3.05) is 0 Å². The minimum absolute atomic E-state index is 0.956. The van der Waals surface area contributed by atoms with Crippen LogP contribution in [0.1, 0.15) is 0 Å². The molecule has 0 aromatic carbocycles. The van der Waals surface area contributed by atoms with Gasteiger partial charge in [-0.15, -0.1) is 6.58 Å². The second-order valence-electron chi connectivity index (χ2n) is 1.57. The van der Waals surface area contributed by atoms with Gasteiger partial charge in [0.05, 0.1) is 0 Å². The largest absolute Gasteiger partial charge is 0.386 e. The Kier molecular flexibility index (Phi) is 2.90. The fourth-order valence-corrected chi connectivity index (χ4v) is 0.297. The van der Waals surface area contributed by atoms with Crippen LogP contribution in [0.15, 0.2) is 12.7 Å². The standard InChI is InChI=1S/C5H9NO3/c1-2-3(7)4(8)5(6)9/h2-4,7-8H,1H2,(H2,6,9). The first-order chi connectivity index (χ1) is 4.09. The van der Waals surface area contributed by atoms with Gasteiger partial charge in [-0.3, -0.25) is 4.79 Å². The second-order valence-corrected chi connectivity index (χ2v) is 1.57. The van der Waals surface area contributed by atoms with E-state index < -0.39 is 18.1 Å². The lowest BCUT2D eigenvalue weighted by atomic mass is 10.2. The number of carbonyl (C=O) groups is 1. The third-order valence-electron chi connectivity index (χ3n) is 0.856. The summed E-state index contributed by atoms with van der Waals surface area (Å²) in [5.74, 6) is -0.956. The number of aliphatic hydroxyl groups is 2. The third-order valence-corrected chi connectivity index (χ3v) is 0.856. The summed E-state index contributed by atoms with van der Waals surface area (Å²) in [6, 6.07) is 0. The van der Waals surface area contributed by atoms with Gasteiger partial charge in [0.15, 0.2) is 6.10 Å². The predicted molar refractivity (Wildman–Crippen MR) is 31.4 cm³/mol. The minimum atomic E-state index is -1.54. The normalized spacial score (nSPS) is 16.2. The predicted octanol–water partition coefficient (Wildman–Crippen LogP) is -1.62. The SMILES string of the molecule is C=CC(O)C(O)C(N)=O. The highest BCUT2D eigenvalue weighted by molar-refractivity contribution is 5.79. The number of hydrogen-bond donors (Lipinski definition) is 3. The van der Waals surface area contributed by atoms with Crippen LogP contribution in [0.4, 0.5) is 0 Å². The minimum Gasteiger partial charge on any atom is -0.386 e. The van der Waals surface area contributed by atoms with Crippen molar-refractivity contribution in [1.29, 1.82) is 0 Å². The molecule has 0 aliphatic carbocycles. The van der Waals surface area contributed by atoms with Crippen molar-refractivity contribution < 1.29 is 15.0 Å². The Morgan fingerprint density at radius 3 is 2.22 bits per heavy atom. The van der Waals surface area contributed by atoms with Crippen molar-refractivity contribution in [3.63, 3.8) is 0 Å². The molecule has 4 heteroatoms. The zero-order chi connectivity index (χ0) is 7.44. The summed E-state index contributed by atoms with van der Waals surface area (Å²) in [7, 11) is 0. The van der Waals surface area contributed by atoms with Gasteiger partial charge in [-0.1, -0.05) is 6.08 Å². The molecule has 0 aliphatic heterocycles. The Bertz CT molecular complexity index is 123. The molecule has 0 aliphatic rings. The van der Waals surface area contributed by atoms with Gasteiger partial charge >= 0.3 is 0 Å². The second kappa shape index (κ2) is 3.21. The first-order valence-corrected chi connectivity index (χ1v) is 2.37. The number of hydrogen-bond acceptors (Lipinski definition) is 3. The monoisotopic (exact) mass is 131 g/mol. The highest BCUT2D eigenvalue weighted by Gasteiger charge is 2.17. The number of nitrogens with two attached hydrogens (primary N) is 1. The molecule has 0 aromatic heterocycles. The van der Waals surface area contributed by atoms with Crippen LogP contribution in [-0.4, -0.2) is 28.3 Å². The quantitative estimate of drug-likeness (QED) is 0.402. The van der Waals surface area contributed by atoms with Gasteiger partial charge in [0, 0.05) is 0 Å². The molecule has 0 heterocycles. The molecule has 0 spiro atoms. The van der Waals surface area contributed by atoms with Crippen LogP contribution < -0.4 is 5.73 Å². The number of rotatable bonds is 3. The van der Waals surface area contributed by atoms with Crippen LogP contribution in [0.25, 0.3) is 0 Å². The third kappa shape index (κ3) is 2.25. The Balaban J connectivity index is 3.86. The van der Waals surface area contributed by atoms with Crippen molar-refractivity contribution in [3.05, 3.63) is 12.7 Å². The summed E-state index contributed by atoms with van der Waals surface area (Å²) < 4.78 is 0. The van der Waals surface area contributed by atoms with E-state index in [4.69, 9.17) is 10.2 Å². The summed E-state index contributed by atoms with van der Waals surface area (Å²) >= 11 is 0. The molecule has 0 aromatic rings. The fourth-order valence-electron chi connectivity index (χ4n) is 0.297. The van der Waals surface area contributed by atoms with Gasteiger partial charge in [-0.25, -0.2) is 0 Å². The molecule has 9 heavy (non-hydrogen) atoms. The van der Waals surface area contributed by atoms with E-state index in [9.17, 15) is 4.79 Å². The van der Waals surface area contributed by atoms with Crippen LogP contribution in [0.3, 0.4) is 0 Å². The summed E-state index contributed by atoms with van der Waals surface area (Å²) in [6.45, 7) is 3.15. The first kappa shape index (κ1) is 8.13. The van der Waals surface area contributed by atoms with Crippen LogP contribution in [0.2, 0.25) is 0 Å². The average Bonchev–Trinajstić information content (AvgIpc) is 1.84. The zero-order valence-electron chi connectivity index (χ0n) is 4.82. The smallest absolute Gasteiger partial charge is 0.249 e. The van der Waals surface area contributed by atoms with Crippen molar-refractivity contribution >= 4 is 5.91 Å². The van der Waals surface area contributed by atoms with E-state index in [1.54, 1.807) is 0 Å². The van der Waals surface area contributed by atoms with E-state index >= 15 is 0 Å². The maximum absolute atomic E-state index is 10.1. The zero-order valence-corrected chi connectivity index (χ0v) is 4.82. The number of aliphatic hydroxyl groups excluding tert-OH is 2. The van der Waals surface area contributed by atoms with Crippen LogP contribution >= 0.6 is 0 Å². The van der Waals surface area contributed by atoms with Crippen LogP contribution in [-0.2, 0) is 4.79 Å². The highest BCUT2D eigenvalue weighted by atomic mass is 16.3. The van der Waals surface area contributed by atoms with Crippen LogP contribution in [0, 0.1) is 0 Å². The maximum Gasteiger partial charge on any atom is 0.249 e. The molecule has 0 fully saturated rings. The highest BCUT2D eigenvalue weighted by Crippen LogP contribution is 1.91. The molecule has 4 nitrogen and oxygen atoms in total. The topological polar surface area (TPSA) is 83.6 Å². The molecular weight excluding hydrogens is 122 g/mol. The molecule has 2 atom stereocenters. The molecule has 0 bridgehead atoms. The van der Waals surface area contributed by atoms with Crippen LogP contribution in [0.5, 0.6) is 0 Å². The lowest BCUT2D eigenvalue weighted by molar-refractivity contribution is -0.129. The molecule has 1 amide bonds. The average molecular weight is 131 g/mol. The van der Waals surface area contributed by atoms with Gasteiger partial charge in [-0.05, 0) is 0 Å². The fraction of sp³-hybridized carbons (Fsp3) is 0.400. The van der Waals surface area contributed by atoms with Gasteiger partial charge in [0.2, 0.25) is 5.91 Å². The number of primary amides is 1. The van der Waals surface area contributed by atoms with E-state index in [0.717, 1.165) is 6.08 Å². The Labute approximate surface area is 52.6 Å². The molecule has 52 valence electrons. The van der Waals surface area contributed by atoms with Crippen molar-refractivity contribution in [3.8, 4) is 0 Å². The van der Waals surface area contributed by atoms with Crippen molar-refractivity contribution in [2.45, 2.75) is 12.2 Å². The molecule has 4 N–H and O–H groups in total. The molecular formula is C5H9NO3. The van der Waals surface area contributed by atoms with Crippen molar-refractivity contribution in [2.24, 2.45) is 5.73 Å². The molecule has 0 saturated carbocycles. The van der Waals surface area contributed by atoms with E-state index in [-0.39, 0.29) is 0 Å². The Hall–Kier alpha value is -0.870. The summed E-state index contributed by atoms with van der Waals surface area (Å²) in [5.41, 5.74) is 4.62. The van der Waals surface area contributed by atoms with Gasteiger partial charge in [-0.2, -0.15) is 0 Å². The molecule has 0 saturated heterocycles. The maximum atomic E-state index is 10.1. The molecule has 0 rings (SSSR count). The van der Waals surface area contributed by atoms with Gasteiger partial charge in [0.1, 0.15) is 6.10 Å². The van der Waals surface area contributed by atoms with E-state index in [2.05, 4.69) is 12.3 Å². The Morgan fingerprint density at radius 2 is 2.11 bits per heavy atom. The van der Waals surface area contributed by atoms with Gasteiger partial charge in [0.25, 0.3) is 0 Å². The van der Waals surface area contributed by atoms with Crippen molar-refractivity contribution in [1.82, 2.24) is 0 Å². The summed E-state index contributed by atoms with van der Waals surface area (Å²) in [5, 5.41) is 17.2. The van der Waals surface area contributed by atoms with E-state index in [0.29, 0.717) is 0 Å². The molecule has 0 radical (unpaired) electrons. The number of carbonyl (C=O) groups excluding carboxylic acids is 1. The Morgan fingerprint density at radius 1 is 1.67 bits per heavy atom. The number of amides is 1. The van der Waals surface area contributed by atoms with Gasteiger partial charge < -0.3 is 15.9 Å². The molecule has 2 unspecified atom stereocenters.